The van der Waals surface area contributed by atoms with E-state index in [0.717, 1.165) is 6.26 Å². The number of hydrogen-bond donors (Lipinski definition) is 1. The second kappa shape index (κ2) is 5.34. The first-order valence-electron chi connectivity index (χ1n) is 5.33. The highest BCUT2D eigenvalue weighted by Crippen LogP contribution is 2.11. The van der Waals surface area contributed by atoms with Gasteiger partial charge < -0.3 is 9.67 Å². The van der Waals surface area contributed by atoms with Gasteiger partial charge in [0.25, 0.3) is 0 Å². The molecular weight excluding hydrogens is 258 g/mol. The Morgan fingerprint density at radius 1 is 1.39 bits per heavy atom. The van der Waals surface area contributed by atoms with Gasteiger partial charge in [-0.15, -0.1) is 0 Å². The zero-order valence-corrected chi connectivity index (χ0v) is 11.0. The third-order valence-electron chi connectivity index (χ3n) is 2.44. The normalized spacial score (nSPS) is 11.4. The maximum Gasteiger partial charge on any atom is 0.352 e. The number of sulfone groups is 1. The van der Waals surface area contributed by atoms with Crippen LogP contribution < -0.4 is 0 Å². The second-order valence-corrected chi connectivity index (χ2v) is 6.41. The predicted molar refractivity (Wildman–Crippen MR) is 65.7 cm³/mol. The number of hydrogen-bond acceptors (Lipinski definition) is 4. The fourth-order valence-corrected chi connectivity index (χ4v) is 2.22. The molecule has 1 heterocycles. The summed E-state index contributed by atoms with van der Waals surface area (Å²) in [5.74, 6) is -1.37. The standard InChI is InChI=1S/C11H15NO5S/c1-8(13)9-6-10(11(14)15)12(7-9)4-3-5-18(2,16)17/h6-7H,3-5H2,1-2H3,(H,14,15). The minimum absolute atomic E-state index is 0.00583. The van der Waals surface area contributed by atoms with Crippen LogP contribution in [-0.2, 0) is 16.4 Å². The number of carboxylic acids is 1. The lowest BCUT2D eigenvalue weighted by molar-refractivity contribution is 0.0685. The van der Waals surface area contributed by atoms with E-state index in [4.69, 9.17) is 5.11 Å². The summed E-state index contributed by atoms with van der Waals surface area (Å²) in [5.41, 5.74) is 0.306. The highest BCUT2D eigenvalue weighted by Gasteiger charge is 2.14. The number of aryl methyl sites for hydroxylation is 1. The summed E-state index contributed by atoms with van der Waals surface area (Å²) in [7, 11) is -3.06. The molecule has 0 radical (unpaired) electrons. The fourth-order valence-electron chi connectivity index (χ4n) is 1.56. The Bertz CT molecular complexity index is 570. The van der Waals surface area contributed by atoms with Crippen molar-refractivity contribution < 1.29 is 23.1 Å². The Morgan fingerprint density at radius 3 is 2.44 bits per heavy atom. The number of aromatic nitrogens is 1. The van der Waals surface area contributed by atoms with Crippen molar-refractivity contribution in [1.82, 2.24) is 4.57 Å². The average molecular weight is 273 g/mol. The third kappa shape index (κ3) is 3.99. The first-order valence-corrected chi connectivity index (χ1v) is 7.39. The Labute approximate surface area is 105 Å². The second-order valence-electron chi connectivity index (χ2n) is 4.15. The summed E-state index contributed by atoms with van der Waals surface area (Å²) < 4.78 is 23.3. The zero-order chi connectivity index (χ0) is 13.9. The van der Waals surface area contributed by atoms with Crippen molar-refractivity contribution in [2.24, 2.45) is 0 Å². The molecule has 6 nitrogen and oxygen atoms in total. The molecule has 0 unspecified atom stereocenters. The number of ketones is 1. The molecule has 0 bridgehead atoms. The number of aromatic carboxylic acids is 1. The molecule has 100 valence electrons. The largest absolute Gasteiger partial charge is 0.477 e. The molecule has 0 atom stereocenters. The molecule has 0 aliphatic heterocycles. The Hall–Kier alpha value is -1.63. The van der Waals surface area contributed by atoms with Crippen molar-refractivity contribution in [2.75, 3.05) is 12.0 Å². The molecule has 0 aliphatic carbocycles. The van der Waals surface area contributed by atoms with Gasteiger partial charge in [-0.1, -0.05) is 0 Å². The van der Waals surface area contributed by atoms with Gasteiger partial charge in [0.15, 0.2) is 5.78 Å². The van der Waals surface area contributed by atoms with Crippen molar-refractivity contribution in [3.05, 3.63) is 23.5 Å². The topological polar surface area (TPSA) is 93.4 Å². The molecule has 18 heavy (non-hydrogen) atoms. The van der Waals surface area contributed by atoms with Gasteiger partial charge in [0, 0.05) is 24.6 Å². The molecular formula is C11H15NO5S. The van der Waals surface area contributed by atoms with Crippen molar-refractivity contribution in [1.29, 1.82) is 0 Å². The minimum Gasteiger partial charge on any atom is -0.477 e. The molecule has 7 heteroatoms. The van der Waals surface area contributed by atoms with Gasteiger partial charge in [-0.3, -0.25) is 4.79 Å². The number of carboxylic acid groups (broad SMARTS) is 1. The molecule has 0 aromatic carbocycles. The van der Waals surface area contributed by atoms with Gasteiger partial charge in [-0.2, -0.15) is 0 Å². The van der Waals surface area contributed by atoms with Crippen LogP contribution in [0.1, 0.15) is 34.2 Å². The molecule has 0 saturated carbocycles. The van der Waals surface area contributed by atoms with E-state index < -0.39 is 15.8 Å². The fraction of sp³-hybridized carbons (Fsp3) is 0.455. The van der Waals surface area contributed by atoms with Gasteiger partial charge in [0.05, 0.1) is 5.75 Å². The highest BCUT2D eigenvalue weighted by atomic mass is 32.2. The van der Waals surface area contributed by atoms with E-state index in [9.17, 15) is 18.0 Å². The third-order valence-corrected chi connectivity index (χ3v) is 3.47. The first kappa shape index (κ1) is 14.4. The molecule has 1 aromatic heterocycles. The van der Waals surface area contributed by atoms with Crippen LogP contribution in [0, 0.1) is 0 Å². The molecule has 0 aliphatic rings. The maximum absolute atomic E-state index is 11.2. The van der Waals surface area contributed by atoms with Crippen LogP contribution in [0.3, 0.4) is 0 Å². The molecule has 0 saturated heterocycles. The lowest BCUT2D eigenvalue weighted by Crippen LogP contribution is -2.11. The average Bonchev–Trinajstić information content (AvgIpc) is 2.59. The first-order chi connectivity index (χ1) is 8.20. The van der Waals surface area contributed by atoms with E-state index in [1.54, 1.807) is 0 Å². The van der Waals surface area contributed by atoms with Crippen molar-refractivity contribution in [3.63, 3.8) is 0 Å². The van der Waals surface area contributed by atoms with Crippen molar-refractivity contribution in [2.45, 2.75) is 19.9 Å². The van der Waals surface area contributed by atoms with Crippen LogP contribution in [0.2, 0.25) is 0 Å². The van der Waals surface area contributed by atoms with Gasteiger partial charge in [-0.05, 0) is 19.4 Å². The minimum atomic E-state index is -3.06. The van der Waals surface area contributed by atoms with E-state index in [0.29, 0.717) is 12.0 Å². The van der Waals surface area contributed by atoms with Crippen LogP contribution in [0.15, 0.2) is 12.3 Å². The van der Waals surface area contributed by atoms with Crippen LogP contribution >= 0.6 is 0 Å². The summed E-state index contributed by atoms with van der Waals surface area (Å²) in [6, 6.07) is 1.30. The van der Waals surface area contributed by atoms with Crippen molar-refractivity contribution in [3.8, 4) is 0 Å². The summed E-state index contributed by atoms with van der Waals surface area (Å²) in [5, 5.41) is 8.97. The van der Waals surface area contributed by atoms with Gasteiger partial charge in [0.1, 0.15) is 15.5 Å². The summed E-state index contributed by atoms with van der Waals surface area (Å²) in [6.07, 6.45) is 2.88. The van der Waals surface area contributed by atoms with Crippen LogP contribution in [0.25, 0.3) is 0 Å². The van der Waals surface area contributed by atoms with E-state index in [2.05, 4.69) is 0 Å². The van der Waals surface area contributed by atoms with Crippen LogP contribution in [-0.4, -0.2) is 41.9 Å². The summed E-state index contributed by atoms with van der Waals surface area (Å²) >= 11 is 0. The number of rotatable bonds is 6. The van der Waals surface area contributed by atoms with Gasteiger partial charge in [0.2, 0.25) is 0 Å². The number of Topliss-reactive ketones (excluding diaryl/α,β-unsaturated/α-hetero) is 1. The quantitative estimate of drug-likeness (QED) is 0.775. The lowest BCUT2D eigenvalue weighted by Gasteiger charge is -2.05. The number of carbonyl (C=O) groups excluding carboxylic acids is 1. The lowest BCUT2D eigenvalue weighted by atomic mass is 10.2. The molecule has 0 fully saturated rings. The Kier molecular flexibility index (Phi) is 4.28. The predicted octanol–water partition coefficient (Wildman–Crippen LogP) is 0.824. The van der Waals surface area contributed by atoms with E-state index in [-0.39, 0.29) is 23.8 Å². The van der Waals surface area contributed by atoms with Crippen molar-refractivity contribution >= 4 is 21.6 Å². The molecule has 1 rings (SSSR count). The SMILES string of the molecule is CC(=O)c1cc(C(=O)O)n(CCCS(C)(=O)=O)c1. The van der Waals surface area contributed by atoms with Gasteiger partial charge in [-0.25, -0.2) is 13.2 Å². The van der Waals surface area contributed by atoms with E-state index >= 15 is 0 Å². The Balaban J connectivity index is 2.87. The van der Waals surface area contributed by atoms with E-state index in [1.165, 1.54) is 23.8 Å². The molecule has 1 N–H and O–H groups in total. The maximum atomic E-state index is 11.2. The molecule has 0 spiro atoms. The number of nitrogens with zero attached hydrogens (tertiary/aromatic N) is 1. The number of carbonyl (C=O) groups is 2. The summed E-state index contributed by atoms with van der Waals surface area (Å²) in [4.78, 5) is 22.1. The van der Waals surface area contributed by atoms with E-state index in [1.807, 2.05) is 0 Å². The monoisotopic (exact) mass is 273 g/mol. The highest BCUT2D eigenvalue weighted by molar-refractivity contribution is 7.90. The van der Waals surface area contributed by atoms with Crippen LogP contribution in [0.5, 0.6) is 0 Å². The van der Waals surface area contributed by atoms with Gasteiger partial charge >= 0.3 is 5.97 Å². The zero-order valence-electron chi connectivity index (χ0n) is 10.2. The molecule has 1 aromatic rings. The Morgan fingerprint density at radius 2 is 2.00 bits per heavy atom. The molecule has 0 amide bonds. The smallest absolute Gasteiger partial charge is 0.352 e. The summed E-state index contributed by atoms with van der Waals surface area (Å²) in [6.45, 7) is 1.60. The van der Waals surface area contributed by atoms with Crippen LogP contribution in [0.4, 0.5) is 0 Å².